The molecule has 3 rings (SSSR count). The number of nitrogens with two attached hydrogens (primary N) is 1. The van der Waals surface area contributed by atoms with Gasteiger partial charge in [-0.05, 0) is 68.1 Å². The number of anilines is 2. The van der Waals surface area contributed by atoms with E-state index in [9.17, 15) is 9.59 Å². The molecular formula is C21H24ClN3O3. The molecule has 7 heteroatoms. The lowest BCUT2D eigenvalue weighted by atomic mass is 10.1. The smallest absolute Gasteiger partial charge is 0.262 e. The normalized spacial score (nSPS) is 13.9. The summed E-state index contributed by atoms with van der Waals surface area (Å²) in [6.07, 6.45) is 3.40. The van der Waals surface area contributed by atoms with E-state index in [0.29, 0.717) is 22.0 Å². The van der Waals surface area contributed by atoms with Gasteiger partial charge in [-0.2, -0.15) is 0 Å². The van der Waals surface area contributed by atoms with Crippen LogP contribution >= 0.6 is 11.6 Å². The van der Waals surface area contributed by atoms with Crippen LogP contribution in [0.15, 0.2) is 36.4 Å². The number of halogens is 1. The SMILES string of the molecule is Cc1cc(Cl)ccc1OCC(=O)Nc1cc(C(N)=O)ccc1N1CCCCC1. The summed E-state index contributed by atoms with van der Waals surface area (Å²) in [5.41, 5.74) is 8.07. The van der Waals surface area contributed by atoms with Gasteiger partial charge in [0.25, 0.3) is 5.91 Å². The van der Waals surface area contributed by atoms with Crippen LogP contribution in [0.25, 0.3) is 0 Å². The molecule has 3 N–H and O–H groups in total. The number of piperidine rings is 1. The number of ether oxygens (including phenoxy) is 1. The van der Waals surface area contributed by atoms with Crippen molar-refractivity contribution < 1.29 is 14.3 Å². The fourth-order valence-electron chi connectivity index (χ4n) is 3.30. The summed E-state index contributed by atoms with van der Waals surface area (Å²) < 4.78 is 5.61. The van der Waals surface area contributed by atoms with E-state index in [2.05, 4.69) is 10.2 Å². The molecule has 0 aliphatic carbocycles. The zero-order chi connectivity index (χ0) is 20.1. The number of carbonyl (C=O) groups excluding carboxylic acids is 2. The molecule has 0 spiro atoms. The van der Waals surface area contributed by atoms with Crippen LogP contribution in [0.4, 0.5) is 11.4 Å². The van der Waals surface area contributed by atoms with E-state index in [1.165, 1.54) is 6.42 Å². The van der Waals surface area contributed by atoms with Gasteiger partial charge >= 0.3 is 0 Å². The van der Waals surface area contributed by atoms with Crippen LogP contribution in [0.5, 0.6) is 5.75 Å². The number of amides is 2. The first kappa shape index (κ1) is 20.0. The molecule has 2 amide bonds. The zero-order valence-corrected chi connectivity index (χ0v) is 16.6. The lowest BCUT2D eigenvalue weighted by Gasteiger charge is -2.30. The first-order valence-electron chi connectivity index (χ1n) is 9.31. The van der Waals surface area contributed by atoms with Gasteiger partial charge in [0.1, 0.15) is 5.75 Å². The van der Waals surface area contributed by atoms with Gasteiger partial charge in [0.15, 0.2) is 6.61 Å². The van der Waals surface area contributed by atoms with Crippen LogP contribution in [0, 0.1) is 6.92 Å². The van der Waals surface area contributed by atoms with Crippen molar-refractivity contribution in [2.75, 3.05) is 29.9 Å². The van der Waals surface area contributed by atoms with Crippen LogP contribution in [0.2, 0.25) is 5.02 Å². The molecule has 0 atom stereocenters. The Kier molecular flexibility index (Phi) is 6.41. The summed E-state index contributed by atoms with van der Waals surface area (Å²) in [4.78, 5) is 26.3. The van der Waals surface area contributed by atoms with Crippen LogP contribution in [0.1, 0.15) is 35.2 Å². The van der Waals surface area contributed by atoms with Crippen molar-refractivity contribution in [2.24, 2.45) is 5.73 Å². The van der Waals surface area contributed by atoms with Crippen LogP contribution in [-0.4, -0.2) is 31.5 Å². The van der Waals surface area contributed by atoms with E-state index in [1.54, 1.807) is 30.3 Å². The van der Waals surface area contributed by atoms with E-state index >= 15 is 0 Å². The zero-order valence-electron chi connectivity index (χ0n) is 15.8. The van der Waals surface area contributed by atoms with Gasteiger partial charge in [-0.25, -0.2) is 0 Å². The van der Waals surface area contributed by atoms with Gasteiger partial charge in [-0.15, -0.1) is 0 Å². The predicted molar refractivity (Wildman–Crippen MR) is 111 cm³/mol. The van der Waals surface area contributed by atoms with Crippen molar-refractivity contribution in [1.29, 1.82) is 0 Å². The fourth-order valence-corrected chi connectivity index (χ4v) is 3.53. The van der Waals surface area contributed by atoms with Crippen molar-refractivity contribution in [3.05, 3.63) is 52.5 Å². The summed E-state index contributed by atoms with van der Waals surface area (Å²) in [6, 6.07) is 10.4. The Hall–Kier alpha value is -2.73. The minimum absolute atomic E-state index is 0.150. The van der Waals surface area contributed by atoms with E-state index < -0.39 is 5.91 Å². The molecule has 1 saturated heterocycles. The molecule has 0 radical (unpaired) electrons. The summed E-state index contributed by atoms with van der Waals surface area (Å²) in [5, 5.41) is 3.48. The van der Waals surface area contributed by atoms with Gasteiger partial charge in [0, 0.05) is 23.7 Å². The van der Waals surface area contributed by atoms with Crippen LogP contribution in [-0.2, 0) is 4.79 Å². The number of hydrogen-bond acceptors (Lipinski definition) is 4. The fraction of sp³-hybridized carbons (Fsp3) is 0.333. The predicted octanol–water partition coefficient (Wildman–Crippen LogP) is 3.76. The lowest BCUT2D eigenvalue weighted by Crippen LogP contribution is -2.31. The van der Waals surface area contributed by atoms with Crippen LogP contribution < -0.4 is 20.7 Å². The van der Waals surface area contributed by atoms with Gasteiger partial charge in [-0.3, -0.25) is 9.59 Å². The van der Waals surface area contributed by atoms with Crippen LogP contribution in [0.3, 0.4) is 0 Å². The first-order chi connectivity index (χ1) is 13.4. The van der Waals surface area contributed by atoms with Gasteiger partial charge in [-0.1, -0.05) is 11.6 Å². The standard InChI is InChI=1S/C21H24ClN3O3/c1-14-11-16(22)6-8-19(14)28-13-20(26)24-17-12-15(21(23)27)5-7-18(17)25-9-3-2-4-10-25/h5-8,11-12H,2-4,9-10,13H2,1H3,(H2,23,27)(H,24,26). The maximum absolute atomic E-state index is 12.5. The molecule has 1 heterocycles. The molecule has 28 heavy (non-hydrogen) atoms. The maximum atomic E-state index is 12.5. The number of rotatable bonds is 6. The third-order valence-corrected chi connectivity index (χ3v) is 4.98. The molecule has 0 aromatic heterocycles. The minimum atomic E-state index is -0.534. The average Bonchev–Trinajstić information content (AvgIpc) is 2.68. The Morgan fingerprint density at radius 3 is 2.57 bits per heavy atom. The molecule has 0 saturated carbocycles. The highest BCUT2D eigenvalue weighted by Crippen LogP contribution is 2.30. The molecule has 2 aromatic rings. The average molecular weight is 402 g/mol. The molecule has 2 aromatic carbocycles. The Morgan fingerprint density at radius 2 is 1.89 bits per heavy atom. The van der Waals surface area contributed by atoms with E-state index in [1.807, 2.05) is 13.0 Å². The topological polar surface area (TPSA) is 84.7 Å². The Balaban J connectivity index is 1.74. The molecule has 0 bridgehead atoms. The van der Waals surface area contributed by atoms with Gasteiger partial charge < -0.3 is 20.7 Å². The van der Waals surface area contributed by atoms with Gasteiger partial charge in [0.05, 0.1) is 11.4 Å². The second-order valence-corrected chi connectivity index (χ2v) is 7.33. The number of carbonyl (C=O) groups is 2. The highest BCUT2D eigenvalue weighted by atomic mass is 35.5. The summed E-state index contributed by atoms with van der Waals surface area (Å²) in [6.45, 7) is 3.55. The third-order valence-electron chi connectivity index (χ3n) is 4.75. The van der Waals surface area contributed by atoms with E-state index in [-0.39, 0.29) is 12.5 Å². The largest absolute Gasteiger partial charge is 0.483 e. The third kappa shape index (κ3) is 4.95. The molecule has 1 aliphatic heterocycles. The quantitative estimate of drug-likeness (QED) is 0.771. The molecule has 1 aliphatic rings. The summed E-state index contributed by atoms with van der Waals surface area (Å²) in [7, 11) is 0. The van der Waals surface area contributed by atoms with E-state index in [0.717, 1.165) is 37.2 Å². The lowest BCUT2D eigenvalue weighted by molar-refractivity contribution is -0.118. The number of aryl methyl sites for hydroxylation is 1. The molecule has 148 valence electrons. The maximum Gasteiger partial charge on any atom is 0.262 e. The Morgan fingerprint density at radius 1 is 1.14 bits per heavy atom. The number of benzene rings is 2. The first-order valence-corrected chi connectivity index (χ1v) is 9.69. The Labute approximate surface area is 169 Å². The minimum Gasteiger partial charge on any atom is -0.483 e. The molecule has 6 nitrogen and oxygen atoms in total. The highest BCUT2D eigenvalue weighted by Gasteiger charge is 2.18. The molecular weight excluding hydrogens is 378 g/mol. The number of primary amides is 1. The summed E-state index contributed by atoms with van der Waals surface area (Å²) >= 11 is 5.94. The monoisotopic (exact) mass is 401 g/mol. The number of hydrogen-bond donors (Lipinski definition) is 2. The van der Waals surface area contributed by atoms with Crippen molar-refractivity contribution >= 4 is 34.8 Å². The van der Waals surface area contributed by atoms with E-state index in [4.69, 9.17) is 22.1 Å². The van der Waals surface area contributed by atoms with Crippen molar-refractivity contribution in [1.82, 2.24) is 0 Å². The van der Waals surface area contributed by atoms with Crippen molar-refractivity contribution in [3.8, 4) is 5.75 Å². The second kappa shape index (κ2) is 8.97. The molecule has 1 fully saturated rings. The van der Waals surface area contributed by atoms with Crippen molar-refractivity contribution in [3.63, 3.8) is 0 Å². The Bertz CT molecular complexity index is 879. The summed E-state index contributed by atoms with van der Waals surface area (Å²) in [5.74, 6) is -0.246. The number of nitrogens with one attached hydrogen (secondary N) is 1. The molecule has 0 unspecified atom stereocenters. The number of nitrogens with zero attached hydrogens (tertiary/aromatic N) is 1. The van der Waals surface area contributed by atoms with Crippen molar-refractivity contribution in [2.45, 2.75) is 26.2 Å². The second-order valence-electron chi connectivity index (χ2n) is 6.89. The highest BCUT2D eigenvalue weighted by molar-refractivity contribution is 6.30. The van der Waals surface area contributed by atoms with Gasteiger partial charge in [0.2, 0.25) is 5.91 Å².